The van der Waals surface area contributed by atoms with Crippen molar-refractivity contribution in [3.8, 4) is 0 Å². The molecule has 0 bridgehead atoms. The van der Waals surface area contributed by atoms with Crippen LogP contribution >= 0.6 is 11.6 Å². The third-order valence-corrected chi connectivity index (χ3v) is 7.67. The maximum atomic E-state index is 13.4. The number of ether oxygens (including phenoxy) is 1. The van der Waals surface area contributed by atoms with Crippen LogP contribution in [0.15, 0.2) is 53.4 Å². The lowest BCUT2D eigenvalue weighted by molar-refractivity contribution is -0.143. The van der Waals surface area contributed by atoms with Gasteiger partial charge in [-0.2, -0.15) is 0 Å². The minimum Gasteiger partial charge on any atom is -0.466 e. The van der Waals surface area contributed by atoms with E-state index in [9.17, 15) is 18.0 Å². The number of nitrogens with zero attached hydrogens (tertiary/aromatic N) is 2. The van der Waals surface area contributed by atoms with E-state index >= 15 is 0 Å². The molecule has 9 heteroatoms. The molecular formula is C24H29ClN2O5S. The average molecular weight is 493 g/mol. The Labute approximate surface area is 200 Å². The van der Waals surface area contributed by atoms with Crippen molar-refractivity contribution < 1.29 is 22.7 Å². The Morgan fingerprint density at radius 3 is 2.39 bits per heavy atom. The van der Waals surface area contributed by atoms with Gasteiger partial charge in [-0.05, 0) is 62.9 Å². The number of sulfonamides is 1. The van der Waals surface area contributed by atoms with Gasteiger partial charge >= 0.3 is 5.97 Å². The first kappa shape index (κ1) is 25.1. The van der Waals surface area contributed by atoms with Gasteiger partial charge in [0.15, 0.2) is 0 Å². The number of esters is 1. The van der Waals surface area contributed by atoms with Crippen LogP contribution in [0.5, 0.6) is 0 Å². The van der Waals surface area contributed by atoms with Crippen LogP contribution in [0, 0.1) is 5.92 Å². The lowest BCUT2D eigenvalue weighted by atomic mass is 10.1. The Morgan fingerprint density at radius 2 is 1.79 bits per heavy atom. The Hall–Kier alpha value is -2.58. The molecule has 1 fully saturated rings. The van der Waals surface area contributed by atoms with Crippen molar-refractivity contribution in [2.45, 2.75) is 38.0 Å². The average Bonchev–Trinajstić information content (AvgIpc) is 3.62. The molecule has 1 aliphatic rings. The van der Waals surface area contributed by atoms with Crippen LogP contribution in [0.3, 0.4) is 0 Å². The third-order valence-electron chi connectivity index (χ3n) is 5.44. The molecule has 0 atom stereocenters. The van der Waals surface area contributed by atoms with Gasteiger partial charge in [0.2, 0.25) is 0 Å². The number of anilines is 1. The van der Waals surface area contributed by atoms with Crippen molar-refractivity contribution in [2.75, 3.05) is 30.5 Å². The van der Waals surface area contributed by atoms with Gasteiger partial charge in [0.1, 0.15) is 0 Å². The minimum absolute atomic E-state index is 0.0160. The van der Waals surface area contributed by atoms with Crippen molar-refractivity contribution in [3.63, 3.8) is 0 Å². The predicted molar refractivity (Wildman–Crippen MR) is 128 cm³/mol. The highest BCUT2D eigenvalue weighted by Gasteiger charge is 2.30. The number of hydrogen-bond donors (Lipinski definition) is 0. The second-order valence-corrected chi connectivity index (χ2v) is 10.2. The maximum absolute atomic E-state index is 13.4. The smallest absolute Gasteiger partial charge is 0.307 e. The van der Waals surface area contributed by atoms with Crippen molar-refractivity contribution in [1.82, 2.24) is 4.90 Å². The summed E-state index contributed by atoms with van der Waals surface area (Å²) in [7, 11) is -3.92. The van der Waals surface area contributed by atoms with Crippen LogP contribution in [0.4, 0.5) is 5.69 Å². The van der Waals surface area contributed by atoms with Crippen LogP contribution in [0.1, 0.15) is 43.5 Å². The summed E-state index contributed by atoms with van der Waals surface area (Å²) in [5.74, 6) is -0.388. The van der Waals surface area contributed by atoms with Crippen molar-refractivity contribution in [3.05, 3.63) is 59.1 Å². The summed E-state index contributed by atoms with van der Waals surface area (Å²) in [6.45, 7) is 4.66. The SMILES string of the molecule is CCOC(=O)CCN(CC1CC1)C(=O)c1cc(S(=O)(=O)N(CC)c2ccccc2)ccc1Cl. The molecule has 0 N–H and O–H groups in total. The highest BCUT2D eigenvalue weighted by atomic mass is 35.5. The molecule has 0 radical (unpaired) electrons. The summed E-state index contributed by atoms with van der Waals surface area (Å²) in [5.41, 5.74) is 0.638. The Kier molecular flexibility index (Phi) is 8.37. The summed E-state index contributed by atoms with van der Waals surface area (Å²) in [6.07, 6.45) is 2.11. The molecule has 178 valence electrons. The zero-order valence-electron chi connectivity index (χ0n) is 18.9. The first-order valence-electron chi connectivity index (χ1n) is 11.1. The molecule has 33 heavy (non-hydrogen) atoms. The second kappa shape index (κ2) is 11.0. The Morgan fingerprint density at radius 1 is 1.09 bits per heavy atom. The van der Waals surface area contributed by atoms with Gasteiger partial charge in [-0.1, -0.05) is 29.8 Å². The molecule has 0 spiro atoms. The molecule has 1 amide bonds. The Bertz CT molecular complexity index is 1090. The number of amides is 1. The van der Waals surface area contributed by atoms with E-state index in [1.165, 1.54) is 22.5 Å². The van der Waals surface area contributed by atoms with Crippen LogP contribution in [-0.2, 0) is 19.6 Å². The molecule has 1 aliphatic carbocycles. The monoisotopic (exact) mass is 492 g/mol. The molecule has 3 rings (SSSR count). The largest absolute Gasteiger partial charge is 0.466 e. The van der Waals surface area contributed by atoms with Crippen molar-refractivity contribution >= 4 is 39.2 Å². The maximum Gasteiger partial charge on any atom is 0.307 e. The molecule has 0 aromatic heterocycles. The topological polar surface area (TPSA) is 84.0 Å². The van der Waals surface area contributed by atoms with Crippen LogP contribution in [0.2, 0.25) is 5.02 Å². The predicted octanol–water partition coefficient (Wildman–Crippen LogP) is 4.36. The van der Waals surface area contributed by atoms with E-state index in [-0.39, 0.29) is 47.6 Å². The third kappa shape index (κ3) is 6.26. The van der Waals surface area contributed by atoms with Crippen LogP contribution in [-0.4, -0.2) is 51.4 Å². The lowest BCUT2D eigenvalue weighted by Gasteiger charge is -2.25. The van der Waals surface area contributed by atoms with E-state index in [2.05, 4.69) is 0 Å². The number of carbonyl (C=O) groups excluding carboxylic acids is 2. The van der Waals surface area contributed by atoms with Gasteiger partial charge in [0, 0.05) is 19.6 Å². The van der Waals surface area contributed by atoms with Gasteiger partial charge in [0.05, 0.1) is 34.2 Å². The molecular weight excluding hydrogens is 464 g/mol. The van der Waals surface area contributed by atoms with Gasteiger partial charge in [-0.15, -0.1) is 0 Å². The van der Waals surface area contributed by atoms with Gasteiger partial charge in [-0.3, -0.25) is 13.9 Å². The first-order chi connectivity index (χ1) is 15.8. The standard InChI is InChI=1S/C24H29ClN2O5S/c1-3-27(19-8-6-5-7-9-19)33(30,31)20-12-13-22(25)21(16-20)24(29)26(17-18-10-11-18)15-14-23(28)32-4-2/h5-9,12-13,16,18H,3-4,10-11,14-15,17H2,1-2H3. The van der Waals surface area contributed by atoms with Crippen molar-refractivity contribution in [2.24, 2.45) is 5.92 Å². The zero-order valence-corrected chi connectivity index (χ0v) is 20.4. The molecule has 7 nitrogen and oxygen atoms in total. The van der Waals surface area contributed by atoms with Gasteiger partial charge in [-0.25, -0.2) is 8.42 Å². The number of benzene rings is 2. The second-order valence-electron chi connectivity index (χ2n) is 7.90. The Balaban J connectivity index is 1.89. The van der Waals surface area contributed by atoms with E-state index in [1.54, 1.807) is 43.0 Å². The molecule has 0 unspecified atom stereocenters. The van der Waals surface area contributed by atoms with E-state index < -0.39 is 15.9 Å². The van der Waals surface area contributed by atoms with Gasteiger partial charge in [0.25, 0.3) is 15.9 Å². The first-order valence-corrected chi connectivity index (χ1v) is 12.9. The highest BCUT2D eigenvalue weighted by Crippen LogP contribution is 2.32. The molecule has 2 aromatic carbocycles. The summed E-state index contributed by atoms with van der Waals surface area (Å²) in [5, 5.41) is 0.165. The fourth-order valence-corrected chi connectivity index (χ4v) is 5.26. The molecule has 0 heterocycles. The normalized spacial score (nSPS) is 13.4. The lowest BCUT2D eigenvalue weighted by Crippen LogP contribution is -2.35. The number of rotatable bonds is 11. The number of halogens is 1. The molecule has 0 aliphatic heterocycles. The van der Waals surface area contributed by atoms with Crippen molar-refractivity contribution in [1.29, 1.82) is 0 Å². The number of para-hydroxylation sites is 1. The molecule has 2 aromatic rings. The molecule has 1 saturated carbocycles. The highest BCUT2D eigenvalue weighted by molar-refractivity contribution is 7.92. The van der Waals surface area contributed by atoms with E-state index in [1.807, 2.05) is 6.07 Å². The summed E-state index contributed by atoms with van der Waals surface area (Å²) >= 11 is 6.33. The fraction of sp³-hybridized carbons (Fsp3) is 0.417. The van der Waals surface area contributed by atoms with Gasteiger partial charge < -0.3 is 9.64 Å². The quantitative estimate of drug-likeness (QED) is 0.435. The summed E-state index contributed by atoms with van der Waals surface area (Å²) in [4.78, 5) is 26.8. The van der Waals surface area contributed by atoms with E-state index in [0.29, 0.717) is 18.2 Å². The summed E-state index contributed by atoms with van der Waals surface area (Å²) < 4.78 is 33.0. The number of hydrogen-bond acceptors (Lipinski definition) is 5. The fourth-order valence-electron chi connectivity index (χ4n) is 3.56. The minimum atomic E-state index is -3.92. The molecule has 0 saturated heterocycles. The van der Waals surface area contributed by atoms with E-state index in [4.69, 9.17) is 16.3 Å². The van der Waals surface area contributed by atoms with Crippen LogP contribution in [0.25, 0.3) is 0 Å². The van der Waals surface area contributed by atoms with Crippen LogP contribution < -0.4 is 4.31 Å². The number of carbonyl (C=O) groups is 2. The summed E-state index contributed by atoms with van der Waals surface area (Å²) in [6, 6.07) is 13.0. The van der Waals surface area contributed by atoms with E-state index in [0.717, 1.165) is 12.8 Å². The zero-order chi connectivity index (χ0) is 24.0.